The van der Waals surface area contributed by atoms with Crippen LogP contribution in [0.1, 0.15) is 57.4 Å². The molecule has 0 amide bonds. The minimum atomic E-state index is -4.45. The number of aryl methyl sites for hydroxylation is 1. The van der Waals surface area contributed by atoms with Crippen LogP contribution in [0.4, 0.5) is 0 Å². The van der Waals surface area contributed by atoms with Crippen LogP contribution in [0, 0.1) is 0 Å². The van der Waals surface area contributed by atoms with Gasteiger partial charge in [0.25, 0.3) is 10.1 Å². The zero-order valence-corrected chi connectivity index (χ0v) is 19.5. The second-order valence-electron chi connectivity index (χ2n) is 6.73. The zero-order chi connectivity index (χ0) is 19.7. The van der Waals surface area contributed by atoms with E-state index in [4.69, 9.17) is 9.29 Å². The first-order valence-corrected chi connectivity index (χ1v) is 10.9. The van der Waals surface area contributed by atoms with Crippen LogP contribution in [-0.2, 0) is 16.5 Å². The van der Waals surface area contributed by atoms with E-state index in [1.165, 1.54) is 50.2 Å². The molecule has 0 fully saturated rings. The van der Waals surface area contributed by atoms with Gasteiger partial charge in [-0.05, 0) is 42.7 Å². The van der Waals surface area contributed by atoms with E-state index in [2.05, 4.69) is 6.92 Å². The summed E-state index contributed by atoms with van der Waals surface area (Å²) in [6.45, 7) is 2.22. The standard InChI is InChI=1S/C21H28O5S.Na/c1-2-3-4-5-6-7-8-9-17-10-12-19(13-11-17)26-20-14-18(22)15-21(16-20)27(23,24)25;/h10-16,22H,2-9H2,1H3,(H,23,24,25);/q;+1/p-1. The van der Waals surface area contributed by atoms with Crippen LogP contribution in [0.2, 0.25) is 0 Å². The van der Waals surface area contributed by atoms with E-state index in [0.717, 1.165) is 25.0 Å². The molecule has 0 atom stereocenters. The number of ether oxygens (including phenoxy) is 1. The second kappa shape index (κ2) is 12.5. The van der Waals surface area contributed by atoms with Gasteiger partial charge >= 0.3 is 29.6 Å². The molecule has 2 rings (SSSR count). The van der Waals surface area contributed by atoms with Crippen LogP contribution < -0.4 is 39.4 Å². The van der Waals surface area contributed by atoms with Gasteiger partial charge in [0, 0.05) is 6.07 Å². The number of hydrogen-bond acceptors (Lipinski definition) is 4. The van der Waals surface area contributed by atoms with Gasteiger partial charge in [-0.25, -0.2) is 0 Å². The van der Waals surface area contributed by atoms with Crippen LogP contribution in [0.25, 0.3) is 0 Å². The minimum absolute atomic E-state index is 0. The average Bonchev–Trinajstić information content (AvgIpc) is 2.61. The Kier molecular flexibility index (Phi) is 11.2. The molecule has 0 aliphatic heterocycles. The Morgan fingerprint density at radius 2 is 1.50 bits per heavy atom. The number of hydrogen-bond donors (Lipinski definition) is 1. The molecule has 0 unspecified atom stereocenters. The third kappa shape index (κ3) is 8.97. The van der Waals surface area contributed by atoms with Crippen LogP contribution in [0.5, 0.6) is 17.2 Å². The predicted molar refractivity (Wildman–Crippen MR) is 104 cm³/mol. The molecule has 0 saturated carbocycles. The summed E-state index contributed by atoms with van der Waals surface area (Å²) in [6.07, 6.45) is 9.91. The smallest absolute Gasteiger partial charge is 0.872 e. The molecule has 0 heterocycles. The largest absolute Gasteiger partial charge is 1.00 e. The molecule has 2 aromatic carbocycles. The molecule has 0 bridgehead atoms. The molecule has 0 aliphatic carbocycles. The molecule has 28 heavy (non-hydrogen) atoms. The van der Waals surface area contributed by atoms with Crippen molar-refractivity contribution in [1.82, 2.24) is 0 Å². The Hall–Kier alpha value is -1.05. The molecule has 0 radical (unpaired) electrons. The third-order valence-corrected chi connectivity index (χ3v) is 5.21. The third-order valence-electron chi connectivity index (χ3n) is 4.38. The maximum Gasteiger partial charge on any atom is 1.00 e. The molecule has 2 aromatic rings. The molecule has 0 aromatic heterocycles. The van der Waals surface area contributed by atoms with Crippen molar-refractivity contribution in [3.63, 3.8) is 0 Å². The normalized spacial score (nSPS) is 11.1. The van der Waals surface area contributed by atoms with E-state index >= 15 is 0 Å². The number of benzene rings is 2. The van der Waals surface area contributed by atoms with Crippen LogP contribution >= 0.6 is 0 Å². The van der Waals surface area contributed by atoms with E-state index in [0.29, 0.717) is 5.75 Å². The summed E-state index contributed by atoms with van der Waals surface area (Å²) >= 11 is 0. The quantitative estimate of drug-likeness (QED) is 0.346. The van der Waals surface area contributed by atoms with Crippen LogP contribution in [-0.4, -0.2) is 13.0 Å². The fraction of sp³-hybridized carbons (Fsp3) is 0.429. The van der Waals surface area contributed by atoms with Gasteiger partial charge in [0.05, 0.1) is 4.90 Å². The molecule has 148 valence electrons. The van der Waals surface area contributed by atoms with Crippen molar-refractivity contribution in [2.75, 3.05) is 0 Å². The molecule has 5 nitrogen and oxygen atoms in total. The molecule has 0 saturated heterocycles. The second-order valence-corrected chi connectivity index (χ2v) is 8.15. The Balaban J connectivity index is 0.00000392. The maximum atomic E-state index is 11.6. The number of rotatable bonds is 11. The molecular formula is C21H27NaO5S. The van der Waals surface area contributed by atoms with Crippen molar-refractivity contribution in [1.29, 1.82) is 0 Å². The van der Waals surface area contributed by atoms with Crippen molar-refractivity contribution in [3.05, 3.63) is 48.0 Å². The molecule has 0 spiro atoms. The van der Waals surface area contributed by atoms with Gasteiger partial charge in [0.15, 0.2) is 0 Å². The summed E-state index contributed by atoms with van der Waals surface area (Å²) in [6, 6.07) is 10.7. The summed E-state index contributed by atoms with van der Waals surface area (Å²) in [5.74, 6) is 0.0378. The van der Waals surface area contributed by atoms with E-state index in [9.17, 15) is 13.5 Å². The van der Waals surface area contributed by atoms with Crippen LogP contribution in [0.15, 0.2) is 47.4 Å². The van der Waals surface area contributed by atoms with E-state index in [1.807, 2.05) is 12.1 Å². The monoisotopic (exact) mass is 414 g/mol. The SMILES string of the molecule is CCCCCCCCCc1ccc(Oc2cc([O-])cc(S(=O)(=O)O)c2)cc1.[Na+]. The van der Waals surface area contributed by atoms with Crippen molar-refractivity contribution in [2.24, 2.45) is 0 Å². The number of unbranched alkanes of at least 4 members (excludes halogenated alkanes) is 6. The summed E-state index contributed by atoms with van der Waals surface area (Å²) in [4.78, 5) is -0.472. The van der Waals surface area contributed by atoms with Gasteiger partial charge < -0.3 is 9.84 Å². The topological polar surface area (TPSA) is 86.7 Å². The van der Waals surface area contributed by atoms with Crippen LogP contribution in [0.3, 0.4) is 0 Å². The van der Waals surface area contributed by atoms with Gasteiger partial charge in [-0.2, -0.15) is 8.42 Å². The van der Waals surface area contributed by atoms with Crippen molar-refractivity contribution in [2.45, 2.75) is 63.2 Å². The van der Waals surface area contributed by atoms with E-state index in [-0.39, 0.29) is 35.3 Å². The summed E-state index contributed by atoms with van der Waals surface area (Å²) in [5.41, 5.74) is 1.21. The van der Waals surface area contributed by atoms with E-state index in [1.54, 1.807) is 12.1 Å². The summed E-state index contributed by atoms with van der Waals surface area (Å²) in [5, 5.41) is 11.6. The Labute approximate surface area is 190 Å². The molecule has 1 N–H and O–H groups in total. The molecule has 7 heteroatoms. The molecule has 0 aliphatic rings. The summed E-state index contributed by atoms with van der Waals surface area (Å²) < 4.78 is 37.0. The zero-order valence-electron chi connectivity index (χ0n) is 16.7. The fourth-order valence-electron chi connectivity index (χ4n) is 2.90. The van der Waals surface area contributed by atoms with Gasteiger partial charge in [-0.1, -0.05) is 57.6 Å². The first-order valence-electron chi connectivity index (χ1n) is 9.45. The predicted octanol–water partition coefficient (Wildman–Crippen LogP) is 2.10. The van der Waals surface area contributed by atoms with Gasteiger partial charge in [0.2, 0.25) is 0 Å². The van der Waals surface area contributed by atoms with Gasteiger partial charge in [0.1, 0.15) is 11.5 Å². The Bertz CT molecular complexity index is 819. The maximum absolute atomic E-state index is 11.6. The summed E-state index contributed by atoms with van der Waals surface area (Å²) in [7, 11) is -4.45. The minimum Gasteiger partial charge on any atom is -0.872 e. The van der Waals surface area contributed by atoms with Crippen molar-refractivity contribution < 1.29 is 52.4 Å². The van der Waals surface area contributed by atoms with Gasteiger partial charge in [-0.15, -0.1) is 5.75 Å². The van der Waals surface area contributed by atoms with E-state index < -0.39 is 20.8 Å². The Morgan fingerprint density at radius 1 is 0.893 bits per heavy atom. The molecular weight excluding hydrogens is 387 g/mol. The average molecular weight is 414 g/mol. The first-order chi connectivity index (χ1) is 12.9. The Morgan fingerprint density at radius 3 is 2.11 bits per heavy atom. The first kappa shape index (κ1) is 25.0. The van der Waals surface area contributed by atoms with Crippen molar-refractivity contribution in [3.8, 4) is 17.2 Å². The van der Waals surface area contributed by atoms with Crippen molar-refractivity contribution >= 4 is 10.1 Å². The fourth-order valence-corrected chi connectivity index (χ4v) is 3.43. The van der Waals surface area contributed by atoms with Gasteiger partial charge in [-0.3, -0.25) is 4.55 Å².